The van der Waals surface area contributed by atoms with E-state index >= 15 is 0 Å². The van der Waals surface area contributed by atoms with Gasteiger partial charge in [0.15, 0.2) is 11.5 Å². The largest absolute Gasteiger partial charge is 0.448 e. The van der Waals surface area contributed by atoms with Crippen LogP contribution in [0.5, 0.6) is 5.75 Å². The van der Waals surface area contributed by atoms with Crippen molar-refractivity contribution in [1.29, 1.82) is 0 Å². The number of carbonyl (C=O) groups is 2. The lowest BCUT2D eigenvalue weighted by Gasteiger charge is -2.25. The number of halogens is 1. The molecule has 1 fully saturated rings. The predicted octanol–water partition coefficient (Wildman–Crippen LogP) is 1.79. The van der Waals surface area contributed by atoms with Crippen LogP contribution in [0.4, 0.5) is 0 Å². The molecule has 3 rings (SSSR count). The maximum Gasteiger partial charge on any atom is 0.296 e. The number of rotatable bonds is 4. The number of amides is 2. The third-order valence-corrected chi connectivity index (χ3v) is 4.02. The van der Waals surface area contributed by atoms with Gasteiger partial charge in [0, 0.05) is 26.0 Å². The molecular formula is C15H15ClN2O4. The molecule has 0 aromatic carbocycles. The molecule has 0 N–H and O–H groups in total. The third kappa shape index (κ3) is 3.13. The molecule has 2 amide bonds. The fourth-order valence-corrected chi connectivity index (χ4v) is 2.62. The lowest BCUT2D eigenvalue weighted by atomic mass is 10.00. The topological polar surface area (TPSA) is 68.7 Å². The Morgan fingerprint density at radius 2 is 2.14 bits per heavy atom. The van der Waals surface area contributed by atoms with E-state index in [4.69, 9.17) is 21.1 Å². The van der Waals surface area contributed by atoms with Gasteiger partial charge in [-0.05, 0) is 24.8 Å². The maximum atomic E-state index is 12.3. The average molecular weight is 323 g/mol. The van der Waals surface area contributed by atoms with Gasteiger partial charge in [0.1, 0.15) is 0 Å². The highest BCUT2D eigenvalue weighted by molar-refractivity contribution is 6.32. The first-order chi connectivity index (χ1) is 10.6. The summed E-state index contributed by atoms with van der Waals surface area (Å²) < 4.78 is 10.7. The van der Waals surface area contributed by atoms with Gasteiger partial charge in [0.2, 0.25) is 0 Å². The van der Waals surface area contributed by atoms with E-state index in [1.54, 1.807) is 6.07 Å². The number of imide groups is 1. The molecule has 1 aromatic heterocycles. The van der Waals surface area contributed by atoms with Crippen molar-refractivity contribution in [3.05, 3.63) is 35.3 Å². The van der Waals surface area contributed by atoms with Crippen molar-refractivity contribution in [2.24, 2.45) is 5.92 Å². The lowest BCUT2D eigenvalue weighted by molar-refractivity contribution is -0.139. The molecule has 3 heterocycles. The van der Waals surface area contributed by atoms with Gasteiger partial charge in [-0.15, -0.1) is 0 Å². The number of hydrogen-bond acceptors (Lipinski definition) is 5. The minimum Gasteiger partial charge on any atom is -0.448 e. The second-order valence-electron chi connectivity index (χ2n) is 5.23. The Hall–Kier alpha value is -1.92. The van der Waals surface area contributed by atoms with Crippen molar-refractivity contribution in [2.45, 2.75) is 12.8 Å². The molecule has 0 spiro atoms. The zero-order valence-electron chi connectivity index (χ0n) is 11.8. The monoisotopic (exact) mass is 322 g/mol. The zero-order valence-corrected chi connectivity index (χ0v) is 12.6. The Balaban J connectivity index is 1.67. The molecule has 0 radical (unpaired) electrons. The Morgan fingerprint density at radius 3 is 2.86 bits per heavy atom. The Kier molecular flexibility index (Phi) is 4.40. The fraction of sp³-hybridized carbons (Fsp3) is 0.400. The predicted molar refractivity (Wildman–Crippen MR) is 78.2 cm³/mol. The number of carbonyl (C=O) groups excluding carboxylic acids is 2. The summed E-state index contributed by atoms with van der Waals surface area (Å²) in [5.41, 5.74) is 0. The van der Waals surface area contributed by atoms with E-state index in [-0.39, 0.29) is 23.3 Å². The molecule has 2 aliphatic heterocycles. The molecule has 0 saturated carbocycles. The Morgan fingerprint density at radius 1 is 1.36 bits per heavy atom. The summed E-state index contributed by atoms with van der Waals surface area (Å²) >= 11 is 5.96. The van der Waals surface area contributed by atoms with Gasteiger partial charge >= 0.3 is 0 Å². The van der Waals surface area contributed by atoms with Crippen molar-refractivity contribution in [3.8, 4) is 5.75 Å². The highest BCUT2D eigenvalue weighted by Crippen LogP contribution is 2.27. The van der Waals surface area contributed by atoms with Gasteiger partial charge in [0.05, 0.1) is 17.3 Å². The smallest absolute Gasteiger partial charge is 0.296 e. The molecule has 0 atom stereocenters. The van der Waals surface area contributed by atoms with E-state index in [1.165, 1.54) is 23.4 Å². The van der Waals surface area contributed by atoms with Crippen LogP contribution in [-0.2, 0) is 14.3 Å². The molecule has 0 unspecified atom stereocenters. The summed E-state index contributed by atoms with van der Waals surface area (Å²) in [6.45, 7) is 1.73. The normalized spacial score (nSPS) is 19.5. The summed E-state index contributed by atoms with van der Waals surface area (Å²) in [5.74, 6) is -0.282. The van der Waals surface area contributed by atoms with Crippen molar-refractivity contribution >= 4 is 23.4 Å². The molecule has 1 aromatic rings. The Labute approximate surface area is 132 Å². The summed E-state index contributed by atoms with van der Waals surface area (Å²) in [5, 5.41) is 0.332. The lowest BCUT2D eigenvalue weighted by Crippen LogP contribution is -2.37. The minimum absolute atomic E-state index is 0.0213. The summed E-state index contributed by atoms with van der Waals surface area (Å²) in [6.07, 6.45) is 5.82. The van der Waals surface area contributed by atoms with Gasteiger partial charge in [-0.3, -0.25) is 19.5 Å². The number of nitrogens with zero attached hydrogens (tertiary/aromatic N) is 2. The quantitative estimate of drug-likeness (QED) is 0.791. The average Bonchev–Trinajstić information content (AvgIpc) is 2.78. The number of ether oxygens (including phenoxy) is 2. The number of hydrogen-bond donors (Lipinski definition) is 0. The van der Waals surface area contributed by atoms with Crippen LogP contribution in [0.1, 0.15) is 12.8 Å². The molecular weight excluding hydrogens is 308 g/mol. The second kappa shape index (κ2) is 6.46. The number of aromatic nitrogens is 1. The van der Waals surface area contributed by atoms with Crippen LogP contribution in [0.25, 0.3) is 0 Å². The minimum atomic E-state index is -0.434. The van der Waals surface area contributed by atoms with Crippen LogP contribution in [0.15, 0.2) is 30.3 Å². The third-order valence-electron chi connectivity index (χ3n) is 3.71. The first-order valence-electron chi connectivity index (χ1n) is 7.08. The van der Waals surface area contributed by atoms with E-state index in [0.29, 0.717) is 24.8 Å². The first kappa shape index (κ1) is 15.0. The zero-order chi connectivity index (χ0) is 15.5. The van der Waals surface area contributed by atoms with Crippen LogP contribution in [0, 0.1) is 5.92 Å². The van der Waals surface area contributed by atoms with E-state index < -0.39 is 5.91 Å². The SMILES string of the molecule is O=C1C=C(Oc2cnccc2Cl)C(=O)N1CC1CCOCC1. The fourth-order valence-electron chi connectivity index (χ4n) is 2.47. The van der Waals surface area contributed by atoms with Crippen LogP contribution >= 0.6 is 11.6 Å². The maximum absolute atomic E-state index is 12.3. The summed E-state index contributed by atoms with van der Waals surface area (Å²) in [6, 6.07) is 1.55. The molecule has 6 nitrogen and oxygen atoms in total. The van der Waals surface area contributed by atoms with E-state index in [9.17, 15) is 9.59 Å². The molecule has 0 aliphatic carbocycles. The van der Waals surface area contributed by atoms with Crippen molar-refractivity contribution in [3.63, 3.8) is 0 Å². The summed E-state index contributed by atoms with van der Waals surface area (Å²) in [4.78, 5) is 29.4. The molecule has 22 heavy (non-hydrogen) atoms. The summed E-state index contributed by atoms with van der Waals surface area (Å²) in [7, 11) is 0. The van der Waals surface area contributed by atoms with E-state index in [2.05, 4.69) is 4.98 Å². The molecule has 2 aliphatic rings. The Bertz CT molecular complexity index is 626. The van der Waals surface area contributed by atoms with Crippen molar-refractivity contribution in [1.82, 2.24) is 9.88 Å². The molecule has 0 bridgehead atoms. The van der Waals surface area contributed by atoms with Crippen LogP contribution in [0.2, 0.25) is 5.02 Å². The van der Waals surface area contributed by atoms with Crippen LogP contribution in [0.3, 0.4) is 0 Å². The molecule has 7 heteroatoms. The first-order valence-corrected chi connectivity index (χ1v) is 7.45. The number of pyridine rings is 1. The van der Waals surface area contributed by atoms with Gasteiger partial charge in [-0.25, -0.2) is 0 Å². The highest BCUT2D eigenvalue weighted by atomic mass is 35.5. The van der Waals surface area contributed by atoms with Gasteiger partial charge in [-0.1, -0.05) is 11.6 Å². The van der Waals surface area contributed by atoms with Crippen LogP contribution in [-0.4, -0.2) is 41.5 Å². The molecule has 1 saturated heterocycles. The van der Waals surface area contributed by atoms with Gasteiger partial charge in [0.25, 0.3) is 11.8 Å². The van der Waals surface area contributed by atoms with E-state index in [1.807, 2.05) is 0 Å². The highest BCUT2D eigenvalue weighted by Gasteiger charge is 2.35. The standard InChI is InChI=1S/C15H15ClN2O4/c16-11-1-4-17-8-13(11)22-12-7-14(19)18(15(12)20)9-10-2-5-21-6-3-10/h1,4,7-8,10H,2-3,5-6,9H2. The van der Waals surface area contributed by atoms with Crippen molar-refractivity contribution in [2.75, 3.05) is 19.8 Å². The molecule has 116 valence electrons. The van der Waals surface area contributed by atoms with Gasteiger partial charge < -0.3 is 9.47 Å². The second-order valence-corrected chi connectivity index (χ2v) is 5.63. The van der Waals surface area contributed by atoms with Crippen LogP contribution < -0.4 is 4.74 Å². The van der Waals surface area contributed by atoms with Gasteiger partial charge in [-0.2, -0.15) is 0 Å². The van der Waals surface area contributed by atoms with E-state index in [0.717, 1.165) is 12.8 Å². The van der Waals surface area contributed by atoms with Crippen molar-refractivity contribution < 1.29 is 19.1 Å².